The fraction of sp³-hybridized carbons (Fsp3) is 0.818. The van der Waals surface area contributed by atoms with E-state index in [1.807, 2.05) is 32.8 Å². The van der Waals surface area contributed by atoms with Crippen molar-refractivity contribution in [3.63, 3.8) is 0 Å². The molecule has 3 aliphatic rings. The van der Waals surface area contributed by atoms with E-state index in [0.29, 0.717) is 17.1 Å². The second kappa shape index (κ2) is 21.0. The average Bonchev–Trinajstić information content (AvgIpc) is 3.18. The van der Waals surface area contributed by atoms with Gasteiger partial charge in [0.15, 0.2) is 17.7 Å². The fourth-order valence-electron chi connectivity index (χ4n) is 9.54. The van der Waals surface area contributed by atoms with Crippen LogP contribution in [0.3, 0.4) is 0 Å². The molecule has 0 saturated carbocycles. The number of methoxy groups -OCH3 is 1. The van der Waals surface area contributed by atoms with Crippen LogP contribution in [-0.2, 0) is 33.2 Å². The van der Waals surface area contributed by atoms with E-state index in [0.717, 1.165) is 0 Å². The van der Waals surface area contributed by atoms with Crippen molar-refractivity contribution in [2.24, 2.45) is 17.8 Å². The number of rotatable bonds is 8. The smallest absolute Gasteiger partial charge is 0.311 e. The Labute approximate surface area is 373 Å². The number of carbonyl (C=O) groups excluding carboxylic acids is 1. The largest absolute Gasteiger partial charge is 0.459 e. The highest BCUT2D eigenvalue weighted by Crippen LogP contribution is 2.40. The summed E-state index contributed by atoms with van der Waals surface area (Å²) in [7, 11) is 5.24. The number of aliphatic hydroxyl groups is 5. The lowest BCUT2D eigenvalue weighted by Gasteiger charge is -2.49. The number of cyclic esters (lactones) is 1. The second-order valence-corrected chi connectivity index (χ2v) is 19.6. The molecular weight excluding hydrogens is 830 g/mol. The molecule has 61 heavy (non-hydrogen) atoms. The van der Waals surface area contributed by atoms with Crippen molar-refractivity contribution in [2.45, 2.75) is 185 Å². The van der Waals surface area contributed by atoms with Crippen LogP contribution in [0.5, 0.6) is 0 Å². The molecule has 0 bridgehead atoms. The maximum atomic E-state index is 14.5. The lowest BCUT2D eigenvalue weighted by atomic mass is 9.77. The zero-order valence-corrected chi connectivity index (χ0v) is 39.9. The Morgan fingerprint density at radius 3 is 2.26 bits per heavy atom. The molecule has 3 aliphatic heterocycles. The van der Waals surface area contributed by atoms with Crippen molar-refractivity contribution in [1.82, 2.24) is 9.80 Å². The fourth-order valence-corrected chi connectivity index (χ4v) is 10.1. The molecule has 350 valence electrons. The van der Waals surface area contributed by atoms with Gasteiger partial charge in [0.25, 0.3) is 0 Å². The number of thiocarbonyl (C=S) groups is 1. The van der Waals surface area contributed by atoms with Crippen molar-refractivity contribution in [3.05, 3.63) is 29.3 Å². The summed E-state index contributed by atoms with van der Waals surface area (Å²) in [5.74, 6) is -3.00. The van der Waals surface area contributed by atoms with Crippen LogP contribution in [0.15, 0.2) is 24.3 Å². The highest BCUT2D eigenvalue weighted by atomic mass is 35.5. The summed E-state index contributed by atoms with van der Waals surface area (Å²) in [5.41, 5.74) is -4.11. The summed E-state index contributed by atoms with van der Waals surface area (Å²) in [6.07, 6.45) is -9.26. The Hall–Kier alpha value is -1.77. The first-order valence-corrected chi connectivity index (χ1v) is 22.4. The number of aliphatic hydroxyl groups excluding tert-OH is 3. The van der Waals surface area contributed by atoms with E-state index in [1.54, 1.807) is 77.6 Å². The number of hydrogen-bond acceptors (Lipinski definition) is 14. The lowest BCUT2D eigenvalue weighted by Crippen LogP contribution is -2.61. The van der Waals surface area contributed by atoms with Crippen LogP contribution < -0.4 is 5.32 Å². The van der Waals surface area contributed by atoms with Crippen LogP contribution in [0.25, 0.3) is 0 Å². The van der Waals surface area contributed by atoms with Crippen molar-refractivity contribution in [1.29, 1.82) is 0 Å². The van der Waals surface area contributed by atoms with E-state index in [4.69, 9.17) is 52.2 Å². The van der Waals surface area contributed by atoms with Gasteiger partial charge in [-0.2, -0.15) is 0 Å². The molecule has 0 aromatic heterocycles. The van der Waals surface area contributed by atoms with Crippen LogP contribution in [0, 0.1) is 17.8 Å². The molecule has 0 spiro atoms. The standard InChI is InChI=1S/C44H74ClN3O12S/c1-14-32-44(10,54)36(50)27(6)48(41(61)46-30-17-15-16-29(45)19-30)22-23(2)20-42(8,53)38(60-40-34(49)31(47(11)12)18-24(3)56-40)25(4)35(26(5)39(52)58-32)59-33-21-43(9,55-13)37(51)28(7)57-33/h15-17,19,23-28,31-38,40,49-51,53-54H,14,18,20-22H2,1-13H3,(H,46,61)/t23-,24-,25+,26-,27-,28+,31-,32-,33+,34-,35+,36-,37+,38-,40+,42-,43-,44-/m1/s1. The molecule has 6 N–H and O–H groups in total. The molecule has 3 saturated heterocycles. The van der Waals surface area contributed by atoms with E-state index >= 15 is 0 Å². The highest BCUT2D eigenvalue weighted by Gasteiger charge is 2.53. The molecule has 0 unspecified atom stereocenters. The molecule has 0 amide bonds. The van der Waals surface area contributed by atoms with Crippen molar-refractivity contribution >= 4 is 40.6 Å². The van der Waals surface area contributed by atoms with Gasteiger partial charge in [-0.25, -0.2) is 0 Å². The minimum atomic E-state index is -1.97. The summed E-state index contributed by atoms with van der Waals surface area (Å²) < 4.78 is 37.9. The molecule has 3 heterocycles. The van der Waals surface area contributed by atoms with Gasteiger partial charge >= 0.3 is 5.97 Å². The average molecular weight is 905 g/mol. The summed E-state index contributed by atoms with van der Waals surface area (Å²) >= 11 is 12.3. The Kier molecular flexibility index (Phi) is 17.9. The number of halogens is 1. The number of benzene rings is 1. The number of esters is 1. The van der Waals surface area contributed by atoms with E-state index in [2.05, 4.69) is 5.32 Å². The first-order chi connectivity index (χ1) is 28.3. The first kappa shape index (κ1) is 51.9. The Morgan fingerprint density at radius 2 is 1.67 bits per heavy atom. The number of anilines is 1. The van der Waals surface area contributed by atoms with Gasteiger partial charge in [0.05, 0.1) is 47.6 Å². The topological polar surface area (TPSA) is 192 Å². The molecule has 15 nitrogen and oxygen atoms in total. The molecule has 1 aromatic carbocycles. The van der Waals surface area contributed by atoms with Gasteiger partial charge in [-0.3, -0.25) is 4.79 Å². The molecule has 3 fully saturated rings. The normalized spacial score (nSPS) is 43.6. The third-order valence-corrected chi connectivity index (χ3v) is 13.8. The van der Waals surface area contributed by atoms with Crippen LogP contribution >= 0.6 is 23.8 Å². The summed E-state index contributed by atoms with van der Waals surface area (Å²) in [6.45, 7) is 17.5. The maximum Gasteiger partial charge on any atom is 0.311 e. The quantitative estimate of drug-likeness (QED) is 0.160. The van der Waals surface area contributed by atoms with Crippen LogP contribution in [0.2, 0.25) is 5.02 Å². The second-order valence-electron chi connectivity index (χ2n) is 18.8. The summed E-state index contributed by atoms with van der Waals surface area (Å²) in [6, 6.07) is 5.86. The third kappa shape index (κ3) is 12.1. The predicted octanol–water partition coefficient (Wildman–Crippen LogP) is 4.32. The van der Waals surface area contributed by atoms with E-state index < -0.39 is 96.0 Å². The van der Waals surface area contributed by atoms with Crippen molar-refractivity contribution in [2.75, 3.05) is 33.1 Å². The van der Waals surface area contributed by atoms with Crippen LogP contribution in [-0.4, -0.2) is 164 Å². The molecule has 0 radical (unpaired) electrons. The first-order valence-electron chi connectivity index (χ1n) is 21.6. The SMILES string of the molecule is CC[C@H]1OC(=O)[C@H](C)[C@@H](O[C@H]2C[C@@](C)(OC)[C@@H](O)[C@H](C)O2)[C@H](C)[C@@H](O[C@@H]2O[C@H](C)C[C@@H](N(C)C)[C@H]2O)[C@](C)(O)C[C@@H](C)CN(C(=S)Nc2cccc(Cl)c2)[C@H](C)[C@@H](O)[C@]1(C)O. The van der Waals surface area contributed by atoms with E-state index in [-0.39, 0.29) is 49.0 Å². The molecule has 0 aliphatic carbocycles. The van der Waals surface area contributed by atoms with Gasteiger partial charge in [-0.1, -0.05) is 38.4 Å². The molecule has 1 aromatic rings. The van der Waals surface area contributed by atoms with Gasteiger partial charge in [-0.15, -0.1) is 0 Å². The number of carbonyl (C=O) groups is 1. The van der Waals surface area contributed by atoms with Crippen molar-refractivity contribution in [3.8, 4) is 0 Å². The van der Waals surface area contributed by atoms with Gasteiger partial charge in [-0.05, 0) is 118 Å². The lowest BCUT2D eigenvalue weighted by molar-refractivity contribution is -0.318. The number of nitrogens with one attached hydrogen (secondary N) is 1. The Bertz CT molecular complexity index is 1610. The molecule has 4 rings (SSSR count). The maximum absolute atomic E-state index is 14.5. The summed E-state index contributed by atoms with van der Waals surface area (Å²) in [4.78, 5) is 18.2. The minimum Gasteiger partial charge on any atom is -0.459 e. The van der Waals surface area contributed by atoms with Crippen LogP contribution in [0.4, 0.5) is 5.69 Å². The number of likely N-dealkylation sites (N-methyl/N-ethyl adjacent to an activating group) is 1. The van der Waals surface area contributed by atoms with Crippen molar-refractivity contribution < 1.29 is 58.7 Å². The number of ether oxygens (including phenoxy) is 6. The highest BCUT2D eigenvalue weighted by molar-refractivity contribution is 7.80. The van der Waals surface area contributed by atoms with Gasteiger partial charge in [0.2, 0.25) is 0 Å². The predicted molar refractivity (Wildman–Crippen MR) is 236 cm³/mol. The van der Waals surface area contributed by atoms with Gasteiger partial charge < -0.3 is 69.1 Å². The van der Waals surface area contributed by atoms with Gasteiger partial charge in [0, 0.05) is 42.7 Å². The van der Waals surface area contributed by atoms with E-state index in [9.17, 15) is 30.3 Å². The third-order valence-electron chi connectivity index (χ3n) is 13.2. The van der Waals surface area contributed by atoms with E-state index in [1.165, 1.54) is 14.0 Å². The zero-order chi connectivity index (χ0) is 45.9. The minimum absolute atomic E-state index is 0.0980. The van der Waals surface area contributed by atoms with Gasteiger partial charge in [0.1, 0.15) is 30.0 Å². The Balaban J connectivity index is 1.86. The molecular formula is C44H74ClN3O12S. The monoisotopic (exact) mass is 903 g/mol. The van der Waals surface area contributed by atoms with Crippen LogP contribution in [0.1, 0.15) is 94.9 Å². The summed E-state index contributed by atoms with van der Waals surface area (Å²) in [5, 5.41) is 63.7. The molecule has 18 atom stereocenters. The Morgan fingerprint density at radius 1 is 1.02 bits per heavy atom. The molecule has 17 heteroatoms. The number of nitrogens with zero attached hydrogens (tertiary/aromatic N) is 2. The zero-order valence-electron chi connectivity index (χ0n) is 38.3. The number of hydrogen-bond donors (Lipinski definition) is 6.